The van der Waals surface area contributed by atoms with Gasteiger partial charge in [0.25, 0.3) is 5.24 Å². The zero-order valence-electron chi connectivity index (χ0n) is 46.0. The molecule has 2 N–H and O–H groups in total. The van der Waals surface area contributed by atoms with E-state index in [-0.39, 0.29) is 19.3 Å². The first-order chi connectivity index (χ1) is 38.4. The first-order valence-electron chi connectivity index (χ1n) is 26.6. The third kappa shape index (κ3) is 16.5. The molecule has 12 heteroatoms. The van der Waals surface area contributed by atoms with E-state index in [1.807, 2.05) is 121 Å². The van der Waals surface area contributed by atoms with E-state index >= 15 is 0 Å². The second-order valence-electron chi connectivity index (χ2n) is 19.8. The van der Waals surface area contributed by atoms with Crippen LogP contribution in [0.2, 0.25) is 0 Å². The molecule has 2 saturated heterocycles. The number of nitrogens with zero attached hydrogens (tertiary/aromatic N) is 2. The Morgan fingerprint density at radius 3 is 1.30 bits per heavy atom. The number of Topliss-reactive ketones (excluding diaryl/α,β-unsaturated/α-hetero) is 1. The van der Waals surface area contributed by atoms with Crippen molar-refractivity contribution in [1.82, 2.24) is 9.80 Å². The molecule has 0 radical (unpaired) electrons. The summed E-state index contributed by atoms with van der Waals surface area (Å²) >= 11 is 5.51. The van der Waals surface area contributed by atoms with Crippen molar-refractivity contribution in [3.8, 4) is 79.0 Å². The number of hydrogen-bond acceptors (Lipinski definition) is 11. The lowest BCUT2D eigenvalue weighted by Gasteiger charge is -2.29. The van der Waals surface area contributed by atoms with Crippen LogP contribution in [0.1, 0.15) is 59.4 Å². The van der Waals surface area contributed by atoms with Crippen molar-refractivity contribution in [2.24, 2.45) is 0 Å². The monoisotopic (exact) mass is 1100 g/mol. The molecule has 0 bridgehead atoms. The fraction of sp³-hybridized carbons (Fsp3) is 0.265. The second-order valence-corrected chi connectivity index (χ2v) is 20.1. The largest absolute Gasteiger partial charge is 0.497 e. The number of likely N-dealkylation sites (tertiary alicyclic amines) is 2. The molecule has 0 aromatic heterocycles. The molecule has 2 aliphatic heterocycles. The van der Waals surface area contributed by atoms with Crippen molar-refractivity contribution in [2.45, 2.75) is 51.7 Å². The van der Waals surface area contributed by atoms with Crippen LogP contribution in [0.25, 0.3) is 44.5 Å². The van der Waals surface area contributed by atoms with E-state index in [2.05, 4.69) is 66.4 Å². The van der Waals surface area contributed by atoms with Crippen molar-refractivity contribution >= 4 is 28.3 Å². The van der Waals surface area contributed by atoms with E-state index in [1.54, 1.807) is 46.6 Å². The number of ether oxygens (including phenoxy) is 6. The molecule has 0 saturated carbocycles. The Bertz CT molecular complexity index is 3310. The predicted octanol–water partition coefficient (Wildman–Crippen LogP) is 14.7. The number of nitrogen functional groups attached to an aromatic ring is 1. The number of carbonyl (C=O) groups is 2. The van der Waals surface area contributed by atoms with Gasteiger partial charge in [0.15, 0.2) is 5.78 Å². The van der Waals surface area contributed by atoms with Gasteiger partial charge in [0.1, 0.15) is 46.7 Å². The van der Waals surface area contributed by atoms with Crippen molar-refractivity contribution in [3.63, 3.8) is 0 Å². The summed E-state index contributed by atoms with van der Waals surface area (Å²) < 4.78 is 33.9. The molecule has 0 spiro atoms. The fourth-order valence-electron chi connectivity index (χ4n) is 9.70. The first kappa shape index (κ1) is 59.6. The predicted molar refractivity (Wildman–Crippen MR) is 325 cm³/mol. The highest BCUT2D eigenvalue weighted by Gasteiger charge is 2.20. The van der Waals surface area contributed by atoms with E-state index in [0.717, 1.165) is 131 Å². The topological polar surface area (TPSA) is 122 Å². The molecule has 416 valence electrons. The van der Waals surface area contributed by atoms with Crippen molar-refractivity contribution in [3.05, 3.63) is 199 Å². The lowest BCUT2D eigenvalue weighted by atomic mass is 9.96. The van der Waals surface area contributed by atoms with Gasteiger partial charge in [-0.25, -0.2) is 0 Å². The molecular formula is C68H74ClN3O8. The van der Waals surface area contributed by atoms with Crippen LogP contribution in [-0.4, -0.2) is 102 Å². The average molecular weight is 1100 g/mol. The van der Waals surface area contributed by atoms with Gasteiger partial charge in [-0.1, -0.05) is 92.4 Å². The van der Waals surface area contributed by atoms with Gasteiger partial charge in [-0.05, 0) is 187 Å². The lowest BCUT2D eigenvalue weighted by Crippen LogP contribution is -2.35. The van der Waals surface area contributed by atoms with Gasteiger partial charge in [-0.3, -0.25) is 9.59 Å². The molecule has 2 fully saturated rings. The van der Waals surface area contributed by atoms with Crippen LogP contribution in [0.3, 0.4) is 0 Å². The molecule has 2 heterocycles. The van der Waals surface area contributed by atoms with E-state index in [1.165, 1.54) is 0 Å². The summed E-state index contributed by atoms with van der Waals surface area (Å²) in [6.45, 7) is 4.35. The SMILES string of the molecule is C.CN1CCC(Oc2cccc(-c3cccc(N)c3)c2)CC1.COc1cccc(-c2cc(C(=O)Cc3cccc(-c4cccc(OC5CCN(C)CC5)c4)c3)ccc2OC)c1.COc1cccc(-c2cc(C(=O)Cl)ccc2OC)c1. The summed E-state index contributed by atoms with van der Waals surface area (Å²) in [6, 6.07) is 58.6. The number of benzene rings is 8. The van der Waals surface area contributed by atoms with Crippen LogP contribution < -0.4 is 34.2 Å². The molecule has 80 heavy (non-hydrogen) atoms. The summed E-state index contributed by atoms with van der Waals surface area (Å²) in [5.41, 5.74) is 16.6. The van der Waals surface area contributed by atoms with Gasteiger partial charge in [0.05, 0.1) is 28.4 Å². The number of methoxy groups -OCH3 is 4. The zero-order chi connectivity index (χ0) is 55.7. The Kier molecular flexibility index (Phi) is 21.8. The van der Waals surface area contributed by atoms with Crippen LogP contribution in [-0.2, 0) is 6.42 Å². The Hall–Kier alpha value is -8.09. The summed E-state index contributed by atoms with van der Waals surface area (Å²) in [4.78, 5) is 29.3. The van der Waals surface area contributed by atoms with Gasteiger partial charge < -0.3 is 44.0 Å². The van der Waals surface area contributed by atoms with Gasteiger partial charge >= 0.3 is 0 Å². The van der Waals surface area contributed by atoms with Crippen LogP contribution >= 0.6 is 11.6 Å². The van der Waals surface area contributed by atoms with Crippen LogP contribution in [0.15, 0.2) is 182 Å². The number of hydrogen-bond donors (Lipinski definition) is 1. The molecule has 10 rings (SSSR count). The molecule has 0 unspecified atom stereocenters. The summed E-state index contributed by atoms with van der Waals surface area (Å²) in [5, 5.41) is -0.494. The highest BCUT2D eigenvalue weighted by atomic mass is 35.5. The summed E-state index contributed by atoms with van der Waals surface area (Å²) in [6.07, 6.45) is 5.18. The third-order valence-corrected chi connectivity index (χ3v) is 14.4. The number of ketones is 1. The Morgan fingerprint density at radius 2 is 0.850 bits per heavy atom. The highest BCUT2D eigenvalue weighted by Crippen LogP contribution is 2.36. The minimum atomic E-state index is -0.494. The Labute approximate surface area is 477 Å². The van der Waals surface area contributed by atoms with E-state index in [4.69, 9.17) is 45.8 Å². The quantitative estimate of drug-likeness (QED) is 0.0565. The molecule has 8 aromatic rings. The van der Waals surface area contributed by atoms with E-state index in [9.17, 15) is 9.59 Å². The highest BCUT2D eigenvalue weighted by molar-refractivity contribution is 6.67. The van der Waals surface area contributed by atoms with E-state index < -0.39 is 5.24 Å². The number of nitrogens with two attached hydrogens (primary N) is 1. The maximum absolute atomic E-state index is 13.4. The normalized spacial score (nSPS) is 13.7. The minimum absolute atomic E-state index is 0. The van der Waals surface area contributed by atoms with Crippen LogP contribution in [0.5, 0.6) is 34.5 Å². The van der Waals surface area contributed by atoms with Gasteiger partial charge in [0.2, 0.25) is 0 Å². The van der Waals surface area contributed by atoms with Gasteiger partial charge in [-0.15, -0.1) is 0 Å². The Balaban J connectivity index is 0.000000190. The zero-order valence-corrected chi connectivity index (χ0v) is 46.7. The van der Waals surface area contributed by atoms with Crippen molar-refractivity contribution < 1.29 is 38.0 Å². The first-order valence-corrected chi connectivity index (χ1v) is 27.0. The molecule has 2 aliphatic rings. The minimum Gasteiger partial charge on any atom is -0.497 e. The van der Waals surface area contributed by atoms with Crippen LogP contribution in [0.4, 0.5) is 5.69 Å². The third-order valence-electron chi connectivity index (χ3n) is 14.2. The molecule has 8 aromatic carbocycles. The Morgan fingerprint density at radius 1 is 0.463 bits per heavy atom. The summed E-state index contributed by atoms with van der Waals surface area (Å²) in [7, 11) is 10.8. The number of carbonyl (C=O) groups excluding carboxylic acids is 2. The van der Waals surface area contributed by atoms with E-state index in [0.29, 0.717) is 35.2 Å². The maximum Gasteiger partial charge on any atom is 0.252 e. The maximum atomic E-state index is 13.4. The standard InChI is InChI=1S/C34H35NO4.C18H22N2O.C15H13ClO3.CH4/c1-35-17-15-29(16-18-35)39-31-12-5-9-26(21-31)25-8-4-7-24(19-25)20-33(36)28-13-14-34(38-3)32(23-28)27-10-6-11-30(22-27)37-2;1-20-10-8-17(9-11-20)21-18-7-3-5-15(13-18)14-4-2-6-16(19)12-14;1-18-12-5-3-4-10(8-12)13-9-11(15(16)17)6-7-14(13)19-2;/h4-14,19,21-23,29H,15-18,20H2,1-3H3;2-7,12-13,17H,8-11,19H2,1H3;3-9H,1-2H3;1H4. The molecule has 0 atom stereocenters. The fourth-order valence-corrected chi connectivity index (χ4v) is 9.82. The van der Waals surface area contributed by atoms with Gasteiger partial charge in [0, 0.05) is 60.5 Å². The van der Waals surface area contributed by atoms with Crippen LogP contribution in [0, 0.1) is 0 Å². The lowest BCUT2D eigenvalue weighted by molar-refractivity contribution is 0.0992. The van der Waals surface area contributed by atoms with Gasteiger partial charge in [-0.2, -0.15) is 0 Å². The van der Waals surface area contributed by atoms with Crippen molar-refractivity contribution in [1.29, 1.82) is 0 Å². The molecule has 11 nitrogen and oxygen atoms in total. The summed E-state index contributed by atoms with van der Waals surface area (Å²) in [5.74, 6) is 4.78. The van der Waals surface area contributed by atoms with Crippen molar-refractivity contribution in [2.75, 3.05) is 74.4 Å². The molecule has 0 aliphatic carbocycles. The number of rotatable bonds is 16. The number of piperidine rings is 2. The number of halogens is 1. The average Bonchev–Trinajstić information content (AvgIpc) is 3.51. The second kappa shape index (κ2) is 29.2. The smallest absolute Gasteiger partial charge is 0.252 e. The number of anilines is 1. The molecular weight excluding hydrogens is 1020 g/mol. The molecule has 0 amide bonds.